The zero-order chi connectivity index (χ0) is 31.3. The lowest BCUT2D eigenvalue weighted by Gasteiger charge is -2.31. The maximum Gasteiger partial charge on any atom is 0.345 e. The van der Waals surface area contributed by atoms with Crippen molar-refractivity contribution in [1.82, 2.24) is 9.73 Å². The third-order valence-corrected chi connectivity index (χ3v) is 9.79. The summed E-state index contributed by atoms with van der Waals surface area (Å²) in [6, 6.07) is 13.1. The van der Waals surface area contributed by atoms with Crippen LogP contribution >= 0.6 is 23.2 Å². The fraction of sp³-hybridized carbons (Fsp3) is 0.323. The van der Waals surface area contributed by atoms with E-state index in [-0.39, 0.29) is 41.3 Å². The second-order valence-electron chi connectivity index (χ2n) is 10.3. The zero-order valence-corrected chi connectivity index (χ0v) is 26.6. The molecule has 9 nitrogen and oxygen atoms in total. The standard InChI is InChI=1S/C31H33Cl2N3O6S/c1-5-41-28-16-22(6-9-27(28)42-31(38)25-8-7-24(32)17-26(25)33)18-34-35-30(37)23-10-12-36(13-11-23)43(39,40)29-20(3)14-19(2)15-21(29)4/h6-9,14-18,23H,5,10-13H2,1-4H3,(H,35,37). The molecule has 1 fully saturated rings. The van der Waals surface area contributed by atoms with Crippen molar-refractivity contribution in [3.63, 3.8) is 0 Å². The highest BCUT2D eigenvalue weighted by molar-refractivity contribution is 7.89. The van der Waals surface area contributed by atoms with Crippen LogP contribution in [0.2, 0.25) is 10.0 Å². The molecule has 1 saturated heterocycles. The number of carbonyl (C=O) groups excluding carboxylic acids is 2. The van der Waals surface area contributed by atoms with E-state index in [1.54, 1.807) is 45.0 Å². The number of amides is 1. The molecular weight excluding hydrogens is 613 g/mol. The topological polar surface area (TPSA) is 114 Å². The van der Waals surface area contributed by atoms with E-state index in [1.165, 1.54) is 22.7 Å². The van der Waals surface area contributed by atoms with Crippen molar-refractivity contribution in [3.05, 3.63) is 86.4 Å². The number of hydrogen-bond acceptors (Lipinski definition) is 7. The smallest absolute Gasteiger partial charge is 0.345 e. The van der Waals surface area contributed by atoms with E-state index in [9.17, 15) is 18.0 Å². The number of esters is 1. The van der Waals surface area contributed by atoms with Gasteiger partial charge in [-0.05, 0) is 93.6 Å². The van der Waals surface area contributed by atoms with Crippen molar-refractivity contribution in [2.24, 2.45) is 11.0 Å². The summed E-state index contributed by atoms with van der Waals surface area (Å²) < 4.78 is 39.3. The van der Waals surface area contributed by atoms with Crippen LogP contribution < -0.4 is 14.9 Å². The fourth-order valence-corrected chi connectivity index (χ4v) is 7.46. The normalized spacial score (nSPS) is 14.6. The minimum Gasteiger partial charge on any atom is -0.490 e. The van der Waals surface area contributed by atoms with E-state index in [4.69, 9.17) is 32.7 Å². The Labute approximate surface area is 261 Å². The first-order valence-electron chi connectivity index (χ1n) is 13.8. The number of nitrogens with zero attached hydrogens (tertiary/aromatic N) is 2. The van der Waals surface area contributed by atoms with Crippen molar-refractivity contribution in [3.8, 4) is 11.5 Å². The summed E-state index contributed by atoms with van der Waals surface area (Å²) in [5, 5.41) is 4.64. The maximum absolute atomic E-state index is 13.4. The van der Waals surface area contributed by atoms with Gasteiger partial charge in [0, 0.05) is 24.0 Å². The molecule has 0 spiro atoms. The Bertz CT molecular complexity index is 1640. The number of rotatable bonds is 9. The molecule has 0 bridgehead atoms. The minimum atomic E-state index is -3.67. The Morgan fingerprint density at radius 3 is 2.30 bits per heavy atom. The molecule has 1 heterocycles. The van der Waals surface area contributed by atoms with Crippen LogP contribution in [-0.2, 0) is 14.8 Å². The van der Waals surface area contributed by atoms with Gasteiger partial charge in [-0.2, -0.15) is 9.41 Å². The number of ether oxygens (including phenoxy) is 2. The molecule has 0 radical (unpaired) electrons. The van der Waals surface area contributed by atoms with Crippen molar-refractivity contribution < 1.29 is 27.5 Å². The number of carbonyl (C=O) groups is 2. The van der Waals surface area contributed by atoms with Gasteiger partial charge >= 0.3 is 5.97 Å². The van der Waals surface area contributed by atoms with Gasteiger partial charge in [0.15, 0.2) is 11.5 Å². The quantitative estimate of drug-likeness (QED) is 0.130. The van der Waals surface area contributed by atoms with Crippen LogP contribution in [0, 0.1) is 26.7 Å². The first-order chi connectivity index (χ1) is 20.4. The fourth-order valence-electron chi connectivity index (χ4n) is 5.09. The predicted octanol–water partition coefficient (Wildman–Crippen LogP) is 6.09. The molecule has 1 N–H and O–H groups in total. The van der Waals surface area contributed by atoms with E-state index < -0.39 is 16.0 Å². The van der Waals surface area contributed by atoms with Crippen LogP contribution in [-0.4, -0.2) is 50.5 Å². The first-order valence-corrected chi connectivity index (χ1v) is 15.9. The summed E-state index contributed by atoms with van der Waals surface area (Å²) in [7, 11) is -3.67. The molecular formula is C31H33Cl2N3O6S. The van der Waals surface area contributed by atoms with E-state index in [2.05, 4.69) is 10.5 Å². The molecule has 4 rings (SSSR count). The molecule has 43 heavy (non-hydrogen) atoms. The Hall–Kier alpha value is -3.44. The van der Waals surface area contributed by atoms with Gasteiger partial charge in [0.1, 0.15) is 0 Å². The molecule has 3 aromatic rings. The van der Waals surface area contributed by atoms with Crippen molar-refractivity contribution in [2.45, 2.75) is 45.4 Å². The molecule has 3 aromatic carbocycles. The lowest BCUT2D eigenvalue weighted by atomic mass is 9.98. The van der Waals surface area contributed by atoms with Gasteiger partial charge in [0.25, 0.3) is 0 Å². The highest BCUT2D eigenvalue weighted by Crippen LogP contribution is 2.31. The molecule has 228 valence electrons. The monoisotopic (exact) mass is 645 g/mol. The third-order valence-electron chi connectivity index (χ3n) is 7.04. The van der Waals surface area contributed by atoms with Crippen LogP contribution in [0.15, 0.2) is 58.5 Å². The summed E-state index contributed by atoms with van der Waals surface area (Å²) >= 11 is 12.0. The number of sulfonamides is 1. The molecule has 0 aliphatic carbocycles. The molecule has 12 heteroatoms. The molecule has 1 amide bonds. The molecule has 1 aliphatic heterocycles. The number of piperidine rings is 1. The Morgan fingerprint density at radius 2 is 1.67 bits per heavy atom. The maximum atomic E-state index is 13.4. The van der Waals surface area contributed by atoms with Crippen LogP contribution in [0.25, 0.3) is 0 Å². The van der Waals surface area contributed by atoms with Crippen LogP contribution in [0.4, 0.5) is 0 Å². The average Bonchev–Trinajstić information content (AvgIpc) is 2.93. The van der Waals surface area contributed by atoms with E-state index in [0.29, 0.717) is 40.7 Å². The Kier molecular flexibility index (Phi) is 10.5. The largest absolute Gasteiger partial charge is 0.490 e. The lowest BCUT2D eigenvalue weighted by molar-refractivity contribution is -0.126. The van der Waals surface area contributed by atoms with Gasteiger partial charge in [-0.15, -0.1) is 0 Å². The molecule has 0 aromatic heterocycles. The highest BCUT2D eigenvalue weighted by Gasteiger charge is 2.33. The van der Waals surface area contributed by atoms with Gasteiger partial charge in [0.2, 0.25) is 15.9 Å². The molecule has 1 aliphatic rings. The van der Waals surface area contributed by atoms with Crippen LogP contribution in [0.5, 0.6) is 11.5 Å². The second kappa shape index (κ2) is 13.9. The first kappa shape index (κ1) is 32.5. The number of hydrazone groups is 1. The van der Waals surface area contributed by atoms with Gasteiger partial charge in [-0.3, -0.25) is 4.79 Å². The molecule has 0 unspecified atom stereocenters. The van der Waals surface area contributed by atoms with Crippen molar-refractivity contribution in [2.75, 3.05) is 19.7 Å². The molecule has 0 atom stereocenters. The lowest BCUT2D eigenvalue weighted by Crippen LogP contribution is -2.42. The van der Waals surface area contributed by atoms with Gasteiger partial charge in [-0.25, -0.2) is 18.6 Å². The summed E-state index contributed by atoms with van der Waals surface area (Å²) in [6.07, 6.45) is 2.22. The number of halogens is 2. The third kappa shape index (κ3) is 7.75. The highest BCUT2D eigenvalue weighted by atomic mass is 35.5. The summed E-state index contributed by atoms with van der Waals surface area (Å²) in [5.41, 5.74) is 5.75. The second-order valence-corrected chi connectivity index (χ2v) is 13.0. The average molecular weight is 647 g/mol. The summed E-state index contributed by atoms with van der Waals surface area (Å²) in [5.74, 6) is -0.824. The number of nitrogens with one attached hydrogen (secondary N) is 1. The van der Waals surface area contributed by atoms with Crippen LogP contribution in [0.1, 0.15) is 52.4 Å². The summed E-state index contributed by atoms with van der Waals surface area (Å²) in [4.78, 5) is 25.8. The summed E-state index contributed by atoms with van der Waals surface area (Å²) in [6.45, 7) is 8.16. The number of hydrogen-bond donors (Lipinski definition) is 1. The predicted molar refractivity (Wildman–Crippen MR) is 167 cm³/mol. The Morgan fingerprint density at radius 1 is 1.00 bits per heavy atom. The van der Waals surface area contributed by atoms with Gasteiger partial charge in [0.05, 0.1) is 28.3 Å². The van der Waals surface area contributed by atoms with Gasteiger partial charge < -0.3 is 9.47 Å². The van der Waals surface area contributed by atoms with Crippen LogP contribution in [0.3, 0.4) is 0 Å². The van der Waals surface area contributed by atoms with Crippen molar-refractivity contribution in [1.29, 1.82) is 0 Å². The minimum absolute atomic E-state index is 0.158. The molecule has 0 saturated carbocycles. The van der Waals surface area contributed by atoms with Crippen molar-refractivity contribution >= 4 is 51.3 Å². The van der Waals surface area contributed by atoms with E-state index >= 15 is 0 Å². The number of benzene rings is 3. The SMILES string of the molecule is CCOc1cc(C=NNC(=O)C2CCN(S(=O)(=O)c3c(C)cc(C)cc3C)CC2)ccc1OC(=O)c1ccc(Cl)cc1Cl. The van der Waals surface area contributed by atoms with E-state index in [1.807, 2.05) is 19.1 Å². The van der Waals surface area contributed by atoms with Gasteiger partial charge in [-0.1, -0.05) is 40.9 Å². The Balaban J connectivity index is 1.36. The number of aryl methyl sites for hydroxylation is 3. The zero-order valence-electron chi connectivity index (χ0n) is 24.3. The van der Waals surface area contributed by atoms with E-state index in [0.717, 1.165) is 16.7 Å².